The molecule has 3 rings (SSSR count). The van der Waals surface area contributed by atoms with Gasteiger partial charge in [-0.05, 0) is 38.1 Å². The number of nitrogens with zero attached hydrogens (tertiary/aromatic N) is 3. The van der Waals surface area contributed by atoms with Crippen molar-refractivity contribution in [3.05, 3.63) is 53.6 Å². The Morgan fingerprint density at radius 1 is 1.11 bits per heavy atom. The molecule has 0 spiro atoms. The minimum Gasteiger partial charge on any atom is -0.497 e. The first-order valence-electron chi connectivity index (χ1n) is 8.44. The van der Waals surface area contributed by atoms with Crippen molar-refractivity contribution in [2.45, 2.75) is 19.1 Å². The van der Waals surface area contributed by atoms with Gasteiger partial charge in [0.05, 0.1) is 31.4 Å². The molecule has 1 fully saturated rings. The van der Waals surface area contributed by atoms with E-state index < -0.39 is 0 Å². The molecule has 27 heavy (non-hydrogen) atoms. The molecule has 0 bridgehead atoms. The summed E-state index contributed by atoms with van der Waals surface area (Å²) in [5.41, 5.74) is 2.69. The molecule has 1 amide bonds. The first kappa shape index (κ1) is 19.0. The first-order chi connectivity index (χ1) is 13.0. The van der Waals surface area contributed by atoms with Crippen LogP contribution in [-0.4, -0.2) is 36.8 Å². The Morgan fingerprint density at radius 3 is 2.52 bits per heavy atom. The van der Waals surface area contributed by atoms with Crippen LogP contribution in [0.2, 0.25) is 0 Å². The lowest BCUT2D eigenvalue weighted by atomic mass is 10.2. The highest BCUT2D eigenvalue weighted by molar-refractivity contribution is 8.16. The summed E-state index contributed by atoms with van der Waals surface area (Å²) < 4.78 is 10.5. The number of amides is 1. The maximum Gasteiger partial charge on any atom is 0.246 e. The lowest BCUT2D eigenvalue weighted by molar-refractivity contribution is -0.116. The number of rotatable bonds is 5. The van der Waals surface area contributed by atoms with Gasteiger partial charge in [0.25, 0.3) is 0 Å². The van der Waals surface area contributed by atoms with Gasteiger partial charge in [-0.2, -0.15) is 5.10 Å². The molecule has 0 aliphatic carbocycles. The second kappa shape index (κ2) is 8.26. The highest BCUT2D eigenvalue weighted by Gasteiger charge is 2.36. The van der Waals surface area contributed by atoms with E-state index in [1.54, 1.807) is 31.4 Å². The van der Waals surface area contributed by atoms with Gasteiger partial charge in [-0.3, -0.25) is 9.69 Å². The van der Waals surface area contributed by atoms with E-state index in [-0.39, 0.29) is 11.2 Å². The molecule has 1 atom stereocenters. The second-order valence-corrected chi connectivity index (χ2v) is 7.31. The fraction of sp³-hybridized carbons (Fsp3) is 0.250. The third kappa shape index (κ3) is 4.14. The fourth-order valence-corrected chi connectivity index (χ4v) is 3.52. The fourth-order valence-electron chi connectivity index (χ4n) is 2.60. The Bertz CT molecular complexity index is 894. The molecule has 1 saturated heterocycles. The summed E-state index contributed by atoms with van der Waals surface area (Å²) in [5.74, 6) is 1.34. The van der Waals surface area contributed by atoms with Crippen LogP contribution < -0.4 is 14.4 Å². The number of ether oxygens (including phenoxy) is 2. The number of amidine groups is 1. The van der Waals surface area contributed by atoms with Crippen LogP contribution in [-0.2, 0) is 4.79 Å². The molecule has 0 saturated carbocycles. The highest BCUT2D eigenvalue weighted by atomic mass is 32.2. The monoisotopic (exact) mass is 383 g/mol. The average Bonchev–Trinajstić information content (AvgIpc) is 2.96. The number of benzene rings is 2. The van der Waals surface area contributed by atoms with Gasteiger partial charge in [0.15, 0.2) is 5.17 Å². The predicted octanol–water partition coefficient (Wildman–Crippen LogP) is 3.87. The molecule has 2 aromatic carbocycles. The van der Waals surface area contributed by atoms with Crippen molar-refractivity contribution in [1.29, 1.82) is 0 Å². The van der Waals surface area contributed by atoms with Crippen LogP contribution >= 0.6 is 11.8 Å². The predicted molar refractivity (Wildman–Crippen MR) is 110 cm³/mol. The normalized spacial score (nSPS) is 18.5. The molecule has 1 heterocycles. The smallest absolute Gasteiger partial charge is 0.246 e. The van der Waals surface area contributed by atoms with Crippen molar-refractivity contribution in [2.24, 2.45) is 10.2 Å². The Morgan fingerprint density at radius 2 is 1.85 bits per heavy atom. The number of anilines is 1. The summed E-state index contributed by atoms with van der Waals surface area (Å²) in [4.78, 5) is 14.2. The van der Waals surface area contributed by atoms with Gasteiger partial charge in [-0.15, -0.1) is 5.10 Å². The van der Waals surface area contributed by atoms with E-state index >= 15 is 0 Å². The minimum absolute atomic E-state index is 0.000156. The second-order valence-electron chi connectivity index (χ2n) is 6.00. The van der Waals surface area contributed by atoms with E-state index in [2.05, 4.69) is 10.2 Å². The van der Waals surface area contributed by atoms with Gasteiger partial charge in [-0.25, -0.2) is 0 Å². The molecule has 0 aromatic heterocycles. The van der Waals surface area contributed by atoms with Crippen molar-refractivity contribution >= 4 is 34.7 Å². The van der Waals surface area contributed by atoms with Gasteiger partial charge < -0.3 is 9.47 Å². The molecule has 1 aliphatic heterocycles. The summed E-state index contributed by atoms with van der Waals surface area (Å²) >= 11 is 1.39. The van der Waals surface area contributed by atoms with Crippen molar-refractivity contribution in [3.8, 4) is 11.5 Å². The summed E-state index contributed by atoms with van der Waals surface area (Å²) in [5, 5.41) is 8.82. The van der Waals surface area contributed by atoms with Gasteiger partial charge in [-0.1, -0.05) is 29.5 Å². The lowest BCUT2D eigenvalue weighted by Gasteiger charge is -2.15. The standard InChI is InChI=1S/C20H21N3O3S/c1-13-5-8-16(9-6-13)23-19(24)14(2)27-20(23)22-21-12-15-7-10-17(25-3)11-18(15)26-4/h5-12,14H,1-4H3/b21-12+,22-20-. The first-order valence-corrected chi connectivity index (χ1v) is 9.32. The molecule has 1 aliphatic rings. The minimum atomic E-state index is -0.198. The molecule has 6 nitrogen and oxygen atoms in total. The summed E-state index contributed by atoms with van der Waals surface area (Å²) in [6.07, 6.45) is 1.60. The zero-order chi connectivity index (χ0) is 19.4. The Kier molecular flexibility index (Phi) is 5.81. The molecule has 0 N–H and O–H groups in total. The molecular weight excluding hydrogens is 362 g/mol. The van der Waals surface area contributed by atoms with Gasteiger partial charge in [0, 0.05) is 11.6 Å². The topological polar surface area (TPSA) is 63.5 Å². The molecule has 7 heteroatoms. The van der Waals surface area contributed by atoms with Crippen LogP contribution in [0, 0.1) is 6.92 Å². The van der Waals surface area contributed by atoms with Gasteiger partial charge >= 0.3 is 0 Å². The van der Waals surface area contributed by atoms with Gasteiger partial charge in [0.1, 0.15) is 11.5 Å². The third-order valence-corrected chi connectivity index (χ3v) is 5.14. The van der Waals surface area contributed by atoms with Crippen molar-refractivity contribution in [3.63, 3.8) is 0 Å². The maximum absolute atomic E-state index is 12.5. The molecular formula is C20H21N3O3S. The number of carbonyl (C=O) groups is 1. The Balaban J connectivity index is 1.87. The average molecular weight is 383 g/mol. The van der Waals surface area contributed by atoms with E-state index in [1.165, 1.54) is 11.8 Å². The van der Waals surface area contributed by atoms with E-state index in [9.17, 15) is 4.79 Å². The highest BCUT2D eigenvalue weighted by Crippen LogP contribution is 2.32. The number of aryl methyl sites for hydroxylation is 1. The molecule has 0 radical (unpaired) electrons. The molecule has 140 valence electrons. The van der Waals surface area contributed by atoms with Gasteiger partial charge in [0.2, 0.25) is 5.91 Å². The van der Waals surface area contributed by atoms with Crippen molar-refractivity contribution in [2.75, 3.05) is 19.1 Å². The number of hydrogen-bond acceptors (Lipinski definition) is 6. The summed E-state index contributed by atoms with van der Waals surface area (Å²) in [7, 11) is 3.19. The van der Waals surface area contributed by atoms with Crippen molar-refractivity contribution in [1.82, 2.24) is 0 Å². The number of thioether (sulfide) groups is 1. The van der Waals surface area contributed by atoms with Crippen LogP contribution in [0.5, 0.6) is 11.5 Å². The number of hydrogen-bond donors (Lipinski definition) is 0. The SMILES string of the molecule is COc1ccc(/C=N/N=C2\SC(C)C(=O)N2c2ccc(C)cc2)c(OC)c1. The van der Waals surface area contributed by atoms with Crippen LogP contribution in [0.3, 0.4) is 0 Å². The maximum atomic E-state index is 12.5. The zero-order valence-corrected chi connectivity index (χ0v) is 16.5. The number of methoxy groups -OCH3 is 2. The summed E-state index contributed by atoms with van der Waals surface area (Å²) in [6.45, 7) is 3.88. The lowest BCUT2D eigenvalue weighted by Crippen LogP contribution is -2.31. The van der Waals surface area contributed by atoms with E-state index in [1.807, 2.05) is 50.2 Å². The quantitative estimate of drug-likeness (QED) is 0.581. The zero-order valence-electron chi connectivity index (χ0n) is 15.7. The summed E-state index contributed by atoms with van der Waals surface area (Å²) in [6, 6.07) is 13.2. The third-order valence-electron chi connectivity index (χ3n) is 4.11. The Hall–Kier alpha value is -2.80. The van der Waals surface area contributed by atoms with E-state index in [0.717, 1.165) is 16.8 Å². The molecule has 1 unspecified atom stereocenters. The van der Waals surface area contributed by atoms with E-state index in [4.69, 9.17) is 9.47 Å². The Labute approximate surface area is 162 Å². The molecule has 2 aromatic rings. The van der Waals surface area contributed by atoms with Crippen LogP contribution in [0.4, 0.5) is 5.69 Å². The van der Waals surface area contributed by atoms with Crippen molar-refractivity contribution < 1.29 is 14.3 Å². The van der Waals surface area contributed by atoms with Crippen LogP contribution in [0.1, 0.15) is 18.1 Å². The number of carbonyl (C=O) groups excluding carboxylic acids is 1. The van der Waals surface area contributed by atoms with Crippen LogP contribution in [0.25, 0.3) is 0 Å². The largest absolute Gasteiger partial charge is 0.497 e. The van der Waals surface area contributed by atoms with Crippen LogP contribution in [0.15, 0.2) is 52.7 Å². The van der Waals surface area contributed by atoms with E-state index in [0.29, 0.717) is 16.7 Å².